The van der Waals surface area contributed by atoms with E-state index in [-0.39, 0.29) is 0 Å². The van der Waals surface area contributed by atoms with Crippen LogP contribution in [0.2, 0.25) is 0 Å². The molecule has 0 saturated heterocycles. The van der Waals surface area contributed by atoms with Crippen LogP contribution in [0, 0.1) is 30.1 Å². The lowest BCUT2D eigenvalue weighted by Gasteiger charge is -2.09. The van der Waals surface area contributed by atoms with Crippen LogP contribution in [0.5, 0.6) is 0 Å². The third kappa shape index (κ3) is 2.66. The van der Waals surface area contributed by atoms with Crippen molar-refractivity contribution < 1.29 is 5.11 Å². The summed E-state index contributed by atoms with van der Waals surface area (Å²) in [5.74, 6) is 9.37. The molecule has 0 aromatic heterocycles. The second kappa shape index (κ2) is 4.88. The fourth-order valence-corrected chi connectivity index (χ4v) is 1.53. The van der Waals surface area contributed by atoms with Crippen LogP contribution in [0.25, 0.3) is 0 Å². The molecule has 1 nitrogen and oxygen atoms in total. The maximum absolute atomic E-state index is 9.87. The van der Waals surface area contributed by atoms with E-state index in [1.807, 2.05) is 24.3 Å². The van der Waals surface area contributed by atoms with Crippen molar-refractivity contribution in [2.45, 2.75) is 25.4 Å². The van der Waals surface area contributed by atoms with E-state index in [2.05, 4.69) is 17.8 Å². The molecule has 80 valence electrons. The van der Waals surface area contributed by atoms with E-state index < -0.39 is 6.10 Å². The minimum atomic E-state index is -0.602. The first-order valence-electron chi connectivity index (χ1n) is 5.53. The molecule has 0 spiro atoms. The molecule has 0 bridgehead atoms. The third-order valence-electron chi connectivity index (χ3n) is 2.62. The minimum Gasteiger partial charge on any atom is -0.387 e. The van der Waals surface area contributed by atoms with Crippen LogP contribution in [0.15, 0.2) is 24.3 Å². The molecule has 1 fully saturated rings. The van der Waals surface area contributed by atoms with Gasteiger partial charge in [0.15, 0.2) is 0 Å². The summed E-state index contributed by atoms with van der Waals surface area (Å²) in [6, 6.07) is 7.66. The first-order chi connectivity index (χ1) is 7.81. The normalized spacial score (nSPS) is 15.8. The Labute approximate surface area is 96.5 Å². The van der Waals surface area contributed by atoms with Crippen molar-refractivity contribution in [1.82, 2.24) is 0 Å². The second-order valence-electron chi connectivity index (χ2n) is 4.05. The molecular weight excluding hydrogens is 196 g/mol. The summed E-state index contributed by atoms with van der Waals surface area (Å²) in [5, 5.41) is 9.87. The quantitative estimate of drug-likeness (QED) is 0.744. The fraction of sp³-hybridized carbons (Fsp3) is 0.333. The lowest BCUT2D eigenvalue weighted by Crippen LogP contribution is -1.99. The standard InChI is InChI=1S/C15H14O/c1-2-5-15(16)14-7-4-3-6-13(14)11-10-12-8-9-12/h1,3-4,6-7,12,15-16H,5,8-9H2. The summed E-state index contributed by atoms with van der Waals surface area (Å²) >= 11 is 0. The van der Waals surface area contributed by atoms with E-state index in [0.717, 1.165) is 11.1 Å². The Bertz CT molecular complexity index is 466. The molecule has 1 saturated carbocycles. The van der Waals surface area contributed by atoms with Crippen molar-refractivity contribution in [2.24, 2.45) is 5.92 Å². The molecule has 0 aliphatic heterocycles. The first kappa shape index (κ1) is 10.8. The molecule has 1 aliphatic rings. The lowest BCUT2D eigenvalue weighted by molar-refractivity contribution is 0.184. The topological polar surface area (TPSA) is 20.2 Å². The molecule has 0 amide bonds. The number of hydrogen-bond acceptors (Lipinski definition) is 1. The van der Waals surface area contributed by atoms with Gasteiger partial charge in [-0.2, -0.15) is 0 Å². The molecule has 16 heavy (non-hydrogen) atoms. The Hall–Kier alpha value is -1.70. The van der Waals surface area contributed by atoms with Gasteiger partial charge in [0.25, 0.3) is 0 Å². The highest BCUT2D eigenvalue weighted by Gasteiger charge is 2.18. The molecule has 1 aromatic rings. The number of hydrogen-bond donors (Lipinski definition) is 1. The van der Waals surface area contributed by atoms with E-state index >= 15 is 0 Å². The Morgan fingerprint density at radius 3 is 2.81 bits per heavy atom. The molecule has 0 radical (unpaired) electrons. The van der Waals surface area contributed by atoms with Gasteiger partial charge in [-0.05, 0) is 24.5 Å². The van der Waals surface area contributed by atoms with Crippen molar-refractivity contribution in [1.29, 1.82) is 0 Å². The highest BCUT2D eigenvalue weighted by molar-refractivity contribution is 5.43. The highest BCUT2D eigenvalue weighted by atomic mass is 16.3. The summed E-state index contributed by atoms with van der Waals surface area (Å²) in [6.07, 6.45) is 7.36. The van der Waals surface area contributed by atoms with Gasteiger partial charge in [0.2, 0.25) is 0 Å². The Balaban J connectivity index is 2.23. The summed E-state index contributed by atoms with van der Waals surface area (Å²) in [4.78, 5) is 0. The zero-order valence-electron chi connectivity index (χ0n) is 9.11. The Morgan fingerprint density at radius 1 is 1.38 bits per heavy atom. The van der Waals surface area contributed by atoms with Crippen LogP contribution in [0.1, 0.15) is 36.5 Å². The van der Waals surface area contributed by atoms with Gasteiger partial charge >= 0.3 is 0 Å². The maximum Gasteiger partial charge on any atom is 0.0911 e. The minimum absolute atomic E-state index is 0.335. The van der Waals surface area contributed by atoms with Crippen LogP contribution in [0.4, 0.5) is 0 Å². The molecule has 0 heterocycles. The SMILES string of the molecule is C#CCC(O)c1ccccc1C#CC1CC1. The zero-order chi connectivity index (χ0) is 11.4. The van der Waals surface area contributed by atoms with Crippen molar-refractivity contribution in [3.05, 3.63) is 35.4 Å². The van der Waals surface area contributed by atoms with Crippen molar-refractivity contribution in [3.63, 3.8) is 0 Å². The number of aliphatic hydroxyl groups is 1. The number of rotatable bonds is 2. The van der Waals surface area contributed by atoms with E-state index in [9.17, 15) is 5.11 Å². The van der Waals surface area contributed by atoms with Crippen molar-refractivity contribution >= 4 is 0 Å². The van der Waals surface area contributed by atoms with Crippen LogP contribution >= 0.6 is 0 Å². The number of terminal acetylenes is 1. The highest BCUT2D eigenvalue weighted by Crippen LogP contribution is 2.28. The molecule has 1 unspecified atom stereocenters. The van der Waals surface area contributed by atoms with Gasteiger partial charge in [0.1, 0.15) is 0 Å². The fourth-order valence-electron chi connectivity index (χ4n) is 1.53. The van der Waals surface area contributed by atoms with Crippen LogP contribution in [-0.4, -0.2) is 5.11 Å². The average Bonchev–Trinajstić information content (AvgIpc) is 3.11. The monoisotopic (exact) mass is 210 g/mol. The van der Waals surface area contributed by atoms with Gasteiger partial charge in [-0.3, -0.25) is 0 Å². The molecule has 1 N–H and O–H groups in total. The van der Waals surface area contributed by atoms with E-state index in [1.54, 1.807) is 0 Å². The number of aliphatic hydroxyl groups excluding tert-OH is 1. The van der Waals surface area contributed by atoms with Gasteiger partial charge in [-0.1, -0.05) is 30.0 Å². The maximum atomic E-state index is 9.87. The van der Waals surface area contributed by atoms with E-state index in [0.29, 0.717) is 12.3 Å². The van der Waals surface area contributed by atoms with Crippen LogP contribution < -0.4 is 0 Å². The van der Waals surface area contributed by atoms with Crippen molar-refractivity contribution in [2.75, 3.05) is 0 Å². The van der Waals surface area contributed by atoms with E-state index in [1.165, 1.54) is 12.8 Å². The molecule has 1 aromatic carbocycles. The summed E-state index contributed by atoms with van der Waals surface area (Å²) < 4.78 is 0. The number of benzene rings is 1. The van der Waals surface area contributed by atoms with Gasteiger partial charge in [-0.15, -0.1) is 12.3 Å². The second-order valence-corrected chi connectivity index (χ2v) is 4.05. The summed E-state index contributed by atoms with van der Waals surface area (Å²) in [6.45, 7) is 0. The van der Waals surface area contributed by atoms with Gasteiger partial charge < -0.3 is 5.11 Å². The first-order valence-corrected chi connectivity index (χ1v) is 5.53. The summed E-state index contributed by atoms with van der Waals surface area (Å²) in [5.41, 5.74) is 1.74. The predicted molar refractivity (Wildman–Crippen MR) is 64.5 cm³/mol. The molecular formula is C15H14O. The van der Waals surface area contributed by atoms with Crippen LogP contribution in [0.3, 0.4) is 0 Å². The molecule has 2 rings (SSSR count). The van der Waals surface area contributed by atoms with Crippen molar-refractivity contribution in [3.8, 4) is 24.2 Å². The van der Waals surface area contributed by atoms with Gasteiger partial charge in [-0.25, -0.2) is 0 Å². The van der Waals surface area contributed by atoms with Gasteiger partial charge in [0, 0.05) is 17.9 Å². The molecule has 1 aliphatic carbocycles. The average molecular weight is 210 g/mol. The Kier molecular flexibility index (Phi) is 3.30. The third-order valence-corrected chi connectivity index (χ3v) is 2.62. The van der Waals surface area contributed by atoms with Gasteiger partial charge in [0.05, 0.1) is 6.10 Å². The Morgan fingerprint density at radius 2 is 2.12 bits per heavy atom. The largest absolute Gasteiger partial charge is 0.387 e. The molecule has 1 heteroatoms. The van der Waals surface area contributed by atoms with E-state index in [4.69, 9.17) is 6.42 Å². The molecule has 1 atom stereocenters. The van der Waals surface area contributed by atoms with Crippen LogP contribution in [-0.2, 0) is 0 Å². The smallest absolute Gasteiger partial charge is 0.0911 e. The lowest BCUT2D eigenvalue weighted by atomic mass is 10.0. The summed E-state index contributed by atoms with van der Waals surface area (Å²) in [7, 11) is 0. The zero-order valence-corrected chi connectivity index (χ0v) is 9.11. The predicted octanol–water partition coefficient (Wildman–Crippen LogP) is 2.50.